The number of hydrogen-bond donors (Lipinski definition) is 2. The maximum Gasteiger partial charge on any atom is 0.257 e. The molecule has 4 heterocycles. The average molecular weight is 345 g/mol. The number of piperazine rings is 1. The molecule has 1 saturated carbocycles. The van der Waals surface area contributed by atoms with Crippen molar-refractivity contribution >= 4 is 11.8 Å². The van der Waals surface area contributed by atoms with Gasteiger partial charge in [-0.2, -0.15) is 5.10 Å². The first kappa shape index (κ1) is 16.6. The molecule has 3 saturated heterocycles. The van der Waals surface area contributed by atoms with Crippen molar-refractivity contribution in [3.8, 4) is 0 Å². The molecule has 2 N–H and O–H groups in total. The van der Waals surface area contributed by atoms with Crippen molar-refractivity contribution < 1.29 is 9.59 Å². The molecule has 4 aliphatic rings. The lowest BCUT2D eigenvalue weighted by Crippen LogP contribution is -2.62. The first-order chi connectivity index (χ1) is 12.2. The minimum Gasteiger partial charge on any atom is -0.352 e. The van der Waals surface area contributed by atoms with E-state index in [4.69, 9.17) is 0 Å². The smallest absolute Gasteiger partial charge is 0.257 e. The van der Waals surface area contributed by atoms with Crippen molar-refractivity contribution in [3.05, 3.63) is 18.0 Å². The lowest BCUT2D eigenvalue weighted by molar-refractivity contribution is -0.122. The number of carbonyl (C=O) groups excluding carboxylic acids is 2. The fourth-order valence-electron chi connectivity index (χ4n) is 4.35. The van der Waals surface area contributed by atoms with E-state index < -0.39 is 0 Å². The highest BCUT2D eigenvalue weighted by molar-refractivity contribution is 5.94. The van der Waals surface area contributed by atoms with E-state index in [1.54, 1.807) is 17.1 Å². The van der Waals surface area contributed by atoms with Crippen LogP contribution in [-0.4, -0.2) is 57.7 Å². The van der Waals surface area contributed by atoms with Gasteiger partial charge in [0.2, 0.25) is 5.91 Å². The number of rotatable bonds is 4. The molecule has 2 atom stereocenters. The van der Waals surface area contributed by atoms with Crippen LogP contribution in [0.3, 0.4) is 0 Å². The van der Waals surface area contributed by atoms with Crippen LogP contribution in [0.25, 0.3) is 0 Å². The predicted octanol–water partition coefficient (Wildman–Crippen LogP) is 0.908. The van der Waals surface area contributed by atoms with Crippen LogP contribution in [0.1, 0.15) is 55.3 Å². The van der Waals surface area contributed by atoms with Crippen LogP contribution in [0.4, 0.5) is 0 Å². The number of carbonyl (C=O) groups is 2. The van der Waals surface area contributed by atoms with Crippen molar-refractivity contribution in [1.82, 2.24) is 25.3 Å². The van der Waals surface area contributed by atoms with Crippen molar-refractivity contribution in [2.24, 2.45) is 0 Å². The quantitative estimate of drug-likeness (QED) is 0.850. The van der Waals surface area contributed by atoms with Crippen molar-refractivity contribution in [1.29, 1.82) is 0 Å². The van der Waals surface area contributed by atoms with E-state index in [0.29, 0.717) is 17.6 Å². The molecule has 7 nitrogen and oxygen atoms in total. The van der Waals surface area contributed by atoms with Gasteiger partial charge in [0.15, 0.2) is 0 Å². The fraction of sp³-hybridized carbons (Fsp3) is 0.722. The zero-order valence-corrected chi connectivity index (χ0v) is 14.6. The van der Waals surface area contributed by atoms with Gasteiger partial charge in [-0.05, 0) is 25.7 Å². The number of piperidine rings is 2. The Balaban J connectivity index is 1.33. The standard InChI is InChI=1S/C18H27N5O2/c24-17(21-14-4-2-1-3-5-14)12-22-10-13(8-20-22)18(25)23-11-15-6-7-16(23)9-19-15/h8,10,14-16,19H,1-7,9,11-12H2,(H,21,24). The third kappa shape index (κ3) is 3.71. The van der Waals surface area contributed by atoms with Gasteiger partial charge in [-0.15, -0.1) is 0 Å². The Bertz CT molecular complexity index is 629. The molecule has 2 unspecified atom stereocenters. The van der Waals surface area contributed by atoms with E-state index in [0.717, 1.165) is 38.8 Å². The van der Waals surface area contributed by atoms with Crippen LogP contribution >= 0.6 is 0 Å². The monoisotopic (exact) mass is 345 g/mol. The summed E-state index contributed by atoms with van der Waals surface area (Å²) in [6.07, 6.45) is 11.3. The Morgan fingerprint density at radius 3 is 2.72 bits per heavy atom. The van der Waals surface area contributed by atoms with E-state index in [9.17, 15) is 9.59 Å². The average Bonchev–Trinajstić information content (AvgIpc) is 3.11. The molecule has 0 radical (unpaired) electrons. The first-order valence-electron chi connectivity index (χ1n) is 9.55. The molecule has 3 aliphatic heterocycles. The minimum absolute atomic E-state index is 0.0183. The molecule has 25 heavy (non-hydrogen) atoms. The number of nitrogens with one attached hydrogen (secondary N) is 2. The van der Waals surface area contributed by atoms with Crippen LogP contribution in [-0.2, 0) is 11.3 Å². The van der Waals surface area contributed by atoms with Crippen molar-refractivity contribution in [2.45, 2.75) is 69.6 Å². The summed E-state index contributed by atoms with van der Waals surface area (Å²) in [5, 5.41) is 10.8. The third-order valence-electron chi connectivity index (χ3n) is 5.77. The molecule has 5 rings (SSSR count). The lowest BCUT2D eigenvalue weighted by Gasteiger charge is -2.45. The van der Waals surface area contributed by atoms with Gasteiger partial charge in [-0.25, -0.2) is 0 Å². The Hall–Kier alpha value is -1.89. The summed E-state index contributed by atoms with van der Waals surface area (Å²) in [5.74, 6) is 0.0189. The van der Waals surface area contributed by atoms with Crippen LogP contribution in [0.5, 0.6) is 0 Å². The molecule has 0 spiro atoms. The molecule has 7 heteroatoms. The van der Waals surface area contributed by atoms with Gasteiger partial charge in [0, 0.05) is 37.4 Å². The van der Waals surface area contributed by atoms with E-state index in [2.05, 4.69) is 15.7 Å². The normalized spacial score (nSPS) is 26.6. The van der Waals surface area contributed by atoms with Gasteiger partial charge in [0.1, 0.15) is 6.54 Å². The molecule has 4 fully saturated rings. The van der Waals surface area contributed by atoms with Crippen molar-refractivity contribution in [3.63, 3.8) is 0 Å². The van der Waals surface area contributed by atoms with E-state index in [-0.39, 0.29) is 24.4 Å². The Morgan fingerprint density at radius 1 is 1.20 bits per heavy atom. The van der Waals surface area contributed by atoms with Crippen LogP contribution in [0.2, 0.25) is 0 Å². The number of aromatic nitrogens is 2. The second-order valence-corrected chi connectivity index (χ2v) is 7.62. The van der Waals surface area contributed by atoms with E-state index in [1.807, 2.05) is 4.90 Å². The molecule has 0 aromatic carbocycles. The second-order valence-electron chi connectivity index (χ2n) is 7.62. The highest BCUT2D eigenvalue weighted by Crippen LogP contribution is 2.24. The SMILES string of the molecule is O=C(Cn1cc(C(=O)N2CC3CCC2CN3)cn1)NC1CCCCC1. The summed E-state index contributed by atoms with van der Waals surface area (Å²) >= 11 is 0. The van der Waals surface area contributed by atoms with Crippen LogP contribution in [0.15, 0.2) is 12.4 Å². The molecule has 136 valence electrons. The summed E-state index contributed by atoms with van der Waals surface area (Å²) in [6, 6.07) is 1.01. The highest BCUT2D eigenvalue weighted by Gasteiger charge is 2.36. The predicted molar refractivity (Wildman–Crippen MR) is 93.1 cm³/mol. The molecule has 1 aromatic heterocycles. The fourth-order valence-corrected chi connectivity index (χ4v) is 4.35. The maximum atomic E-state index is 12.7. The molecule has 2 amide bonds. The van der Waals surface area contributed by atoms with Gasteiger partial charge >= 0.3 is 0 Å². The Morgan fingerprint density at radius 2 is 2.04 bits per heavy atom. The van der Waals surface area contributed by atoms with Gasteiger partial charge in [-0.3, -0.25) is 14.3 Å². The van der Waals surface area contributed by atoms with Gasteiger partial charge in [0.05, 0.1) is 11.8 Å². The van der Waals surface area contributed by atoms with Crippen LogP contribution in [0, 0.1) is 0 Å². The Labute approximate surface area is 148 Å². The van der Waals surface area contributed by atoms with E-state index >= 15 is 0 Å². The third-order valence-corrected chi connectivity index (χ3v) is 5.77. The van der Waals surface area contributed by atoms with E-state index in [1.165, 1.54) is 19.3 Å². The second kappa shape index (κ2) is 7.15. The number of amides is 2. The van der Waals surface area contributed by atoms with Gasteiger partial charge in [-0.1, -0.05) is 19.3 Å². The molecular weight excluding hydrogens is 318 g/mol. The zero-order valence-electron chi connectivity index (χ0n) is 14.6. The molecular formula is C18H27N5O2. The zero-order chi connectivity index (χ0) is 17.2. The Kier molecular flexibility index (Phi) is 4.74. The van der Waals surface area contributed by atoms with Crippen LogP contribution < -0.4 is 10.6 Å². The van der Waals surface area contributed by atoms with Gasteiger partial charge < -0.3 is 15.5 Å². The number of nitrogens with zero attached hydrogens (tertiary/aromatic N) is 3. The first-order valence-corrected chi connectivity index (χ1v) is 9.55. The molecule has 2 bridgehead atoms. The number of fused-ring (bicyclic) bond motifs is 3. The summed E-state index contributed by atoms with van der Waals surface area (Å²) < 4.78 is 1.58. The lowest BCUT2D eigenvalue weighted by atomic mass is 9.92. The number of hydrogen-bond acceptors (Lipinski definition) is 4. The maximum absolute atomic E-state index is 12.7. The topological polar surface area (TPSA) is 79.3 Å². The molecule has 1 aliphatic carbocycles. The van der Waals surface area contributed by atoms with Crippen molar-refractivity contribution in [2.75, 3.05) is 13.1 Å². The summed E-state index contributed by atoms with van der Waals surface area (Å²) in [6.45, 7) is 1.84. The molecule has 1 aromatic rings. The summed E-state index contributed by atoms with van der Waals surface area (Å²) in [5.41, 5.74) is 0.581. The largest absolute Gasteiger partial charge is 0.352 e. The highest BCUT2D eigenvalue weighted by atomic mass is 16.2. The summed E-state index contributed by atoms with van der Waals surface area (Å²) in [7, 11) is 0. The summed E-state index contributed by atoms with van der Waals surface area (Å²) in [4.78, 5) is 26.9. The minimum atomic E-state index is -0.0183. The van der Waals surface area contributed by atoms with Gasteiger partial charge in [0.25, 0.3) is 5.91 Å².